The molecule has 0 bridgehead atoms. The van der Waals surface area contributed by atoms with Crippen LogP contribution in [0.5, 0.6) is 0 Å². The van der Waals surface area contributed by atoms with Crippen LogP contribution in [0, 0.1) is 0 Å². The molecular formula is C21H24Cl2NO2PS. The molecule has 0 radical (unpaired) electrons. The van der Waals surface area contributed by atoms with Gasteiger partial charge in [0.2, 0.25) is 0 Å². The Morgan fingerprint density at radius 1 is 1.00 bits per heavy atom. The molecule has 0 saturated heterocycles. The first kappa shape index (κ1) is 23.3. The lowest BCUT2D eigenvalue weighted by atomic mass is 10.1. The molecule has 1 atom stereocenters. The second-order valence-corrected chi connectivity index (χ2v) is 8.49. The smallest absolute Gasteiger partial charge is 0.0714 e. The molecule has 0 fully saturated rings. The SMILES string of the molecule is CCO.CCOPCN(Sc1cc(Cl)cc(Cl)c1)c1cccc2ccccc12. The first-order chi connectivity index (χ1) is 13.6. The van der Waals surface area contributed by atoms with Crippen molar-refractivity contribution in [1.29, 1.82) is 0 Å². The zero-order valence-electron chi connectivity index (χ0n) is 15.9. The number of halogens is 2. The monoisotopic (exact) mass is 455 g/mol. The van der Waals surface area contributed by atoms with Crippen molar-refractivity contribution in [2.45, 2.75) is 18.7 Å². The maximum Gasteiger partial charge on any atom is 0.0714 e. The van der Waals surface area contributed by atoms with Crippen LogP contribution in [0.25, 0.3) is 10.8 Å². The van der Waals surface area contributed by atoms with E-state index in [-0.39, 0.29) is 6.61 Å². The molecule has 1 unspecified atom stereocenters. The number of nitrogens with zero attached hydrogens (tertiary/aromatic N) is 1. The van der Waals surface area contributed by atoms with Crippen LogP contribution < -0.4 is 4.31 Å². The molecule has 3 rings (SSSR count). The minimum Gasteiger partial charge on any atom is -0.397 e. The van der Waals surface area contributed by atoms with E-state index < -0.39 is 0 Å². The Balaban J connectivity index is 0.000000878. The van der Waals surface area contributed by atoms with Crippen molar-refractivity contribution < 1.29 is 9.63 Å². The molecule has 3 aromatic carbocycles. The normalized spacial score (nSPS) is 10.9. The van der Waals surface area contributed by atoms with Gasteiger partial charge in [0, 0.05) is 42.3 Å². The topological polar surface area (TPSA) is 32.7 Å². The summed E-state index contributed by atoms with van der Waals surface area (Å²) >= 11 is 14.0. The fourth-order valence-corrected chi connectivity index (χ4v) is 5.03. The van der Waals surface area contributed by atoms with Crippen LogP contribution in [0.3, 0.4) is 0 Å². The van der Waals surface area contributed by atoms with Crippen LogP contribution in [-0.4, -0.2) is 24.6 Å². The van der Waals surface area contributed by atoms with E-state index in [9.17, 15) is 0 Å². The van der Waals surface area contributed by atoms with Gasteiger partial charge in [-0.1, -0.05) is 59.6 Å². The van der Waals surface area contributed by atoms with Crippen molar-refractivity contribution in [2.24, 2.45) is 0 Å². The Hall–Kier alpha value is -1.00. The Bertz CT molecular complexity index is 856. The van der Waals surface area contributed by atoms with Crippen LogP contribution in [-0.2, 0) is 4.52 Å². The van der Waals surface area contributed by atoms with E-state index in [2.05, 4.69) is 46.8 Å². The lowest BCUT2D eigenvalue weighted by molar-refractivity contribution is 0.318. The number of aliphatic hydroxyl groups is 1. The van der Waals surface area contributed by atoms with Crippen molar-refractivity contribution in [1.82, 2.24) is 0 Å². The van der Waals surface area contributed by atoms with Crippen molar-refractivity contribution in [3.63, 3.8) is 0 Å². The molecule has 1 N–H and O–H groups in total. The van der Waals surface area contributed by atoms with E-state index in [1.165, 1.54) is 10.8 Å². The highest BCUT2D eigenvalue weighted by Gasteiger charge is 2.13. The Morgan fingerprint density at radius 2 is 1.64 bits per heavy atom. The van der Waals surface area contributed by atoms with Gasteiger partial charge in [0.15, 0.2) is 0 Å². The molecule has 150 valence electrons. The summed E-state index contributed by atoms with van der Waals surface area (Å²) in [4.78, 5) is 1.01. The average molecular weight is 456 g/mol. The molecule has 3 aromatic rings. The van der Waals surface area contributed by atoms with Gasteiger partial charge in [0.1, 0.15) is 0 Å². The second-order valence-electron chi connectivity index (χ2n) is 5.62. The van der Waals surface area contributed by atoms with E-state index >= 15 is 0 Å². The Morgan fingerprint density at radius 3 is 2.32 bits per heavy atom. The van der Waals surface area contributed by atoms with Crippen molar-refractivity contribution >= 4 is 60.4 Å². The van der Waals surface area contributed by atoms with E-state index in [1.807, 2.05) is 19.1 Å². The Labute approximate surface area is 183 Å². The molecule has 7 heteroatoms. The van der Waals surface area contributed by atoms with Crippen LogP contribution in [0.2, 0.25) is 10.0 Å². The summed E-state index contributed by atoms with van der Waals surface area (Å²) in [6.45, 7) is 4.66. The third kappa shape index (κ3) is 7.11. The highest BCUT2D eigenvalue weighted by atomic mass is 35.5. The van der Waals surface area contributed by atoms with E-state index in [0.717, 1.165) is 23.5 Å². The summed E-state index contributed by atoms with van der Waals surface area (Å²) < 4.78 is 7.85. The van der Waals surface area contributed by atoms with Crippen LogP contribution >= 0.6 is 44.0 Å². The van der Waals surface area contributed by atoms with Gasteiger partial charge in [0.25, 0.3) is 0 Å². The van der Waals surface area contributed by atoms with Crippen LogP contribution in [0.15, 0.2) is 65.6 Å². The average Bonchev–Trinajstić information content (AvgIpc) is 2.67. The molecule has 28 heavy (non-hydrogen) atoms. The summed E-state index contributed by atoms with van der Waals surface area (Å²) in [6, 6.07) is 20.4. The van der Waals surface area contributed by atoms with Gasteiger partial charge < -0.3 is 13.9 Å². The van der Waals surface area contributed by atoms with Gasteiger partial charge in [-0.15, -0.1) is 0 Å². The first-order valence-corrected chi connectivity index (χ1v) is 11.6. The quantitative estimate of drug-likeness (QED) is 0.231. The fourth-order valence-electron chi connectivity index (χ4n) is 2.51. The van der Waals surface area contributed by atoms with Gasteiger partial charge in [-0.3, -0.25) is 0 Å². The lowest BCUT2D eigenvalue weighted by Crippen LogP contribution is -2.13. The number of hydrogen-bond donors (Lipinski definition) is 1. The third-order valence-corrected chi connectivity index (χ3v) is 6.14. The molecule has 0 saturated carbocycles. The first-order valence-electron chi connectivity index (χ1n) is 8.93. The van der Waals surface area contributed by atoms with Crippen molar-refractivity contribution in [2.75, 3.05) is 23.8 Å². The molecule has 0 aromatic heterocycles. The minimum atomic E-state index is 0.250. The molecule has 0 heterocycles. The summed E-state index contributed by atoms with van der Waals surface area (Å²) in [7, 11) is 0.395. The summed E-state index contributed by atoms with van der Waals surface area (Å²) in [6.07, 6.45) is 0.788. The van der Waals surface area contributed by atoms with E-state index in [4.69, 9.17) is 32.8 Å². The van der Waals surface area contributed by atoms with E-state index in [1.54, 1.807) is 24.9 Å². The van der Waals surface area contributed by atoms with Gasteiger partial charge >= 0.3 is 0 Å². The second kappa shape index (κ2) is 12.5. The van der Waals surface area contributed by atoms with Crippen LogP contribution in [0.1, 0.15) is 13.8 Å². The van der Waals surface area contributed by atoms with Gasteiger partial charge in [-0.05, 0) is 55.4 Å². The maximum absolute atomic E-state index is 7.57. The summed E-state index contributed by atoms with van der Waals surface area (Å²) in [5, 5.41) is 11.3. The number of rotatable bonds is 7. The zero-order chi connectivity index (χ0) is 20.4. The number of aliphatic hydroxyl groups excluding tert-OH is 1. The van der Waals surface area contributed by atoms with Crippen molar-refractivity contribution in [3.05, 3.63) is 70.7 Å². The van der Waals surface area contributed by atoms with Crippen LogP contribution in [0.4, 0.5) is 5.69 Å². The maximum atomic E-state index is 7.57. The Kier molecular flexibility index (Phi) is 10.4. The molecule has 0 spiro atoms. The molecule has 0 aliphatic rings. The third-order valence-electron chi connectivity index (χ3n) is 3.54. The minimum absolute atomic E-state index is 0.250. The predicted molar refractivity (Wildman–Crippen MR) is 126 cm³/mol. The standard InChI is InChI=1S/C19H18Cl2NOPS.C2H6O/c1-2-23-24-13-22(25-17-11-15(20)10-16(21)12-17)19-9-5-7-14-6-3-4-8-18(14)19;1-2-3/h3-12,24H,2,13H2,1H3;3H,2H2,1H3. The number of anilines is 1. The van der Waals surface area contributed by atoms with Gasteiger partial charge in [0.05, 0.1) is 12.0 Å². The highest BCUT2D eigenvalue weighted by Crippen LogP contribution is 2.38. The molecule has 0 aliphatic heterocycles. The van der Waals surface area contributed by atoms with E-state index in [0.29, 0.717) is 18.9 Å². The largest absolute Gasteiger partial charge is 0.397 e. The number of fused-ring (bicyclic) bond motifs is 1. The molecule has 3 nitrogen and oxygen atoms in total. The molecular weight excluding hydrogens is 432 g/mol. The lowest BCUT2D eigenvalue weighted by Gasteiger charge is -2.24. The summed E-state index contributed by atoms with van der Waals surface area (Å²) in [5.41, 5.74) is 1.16. The molecule has 0 aliphatic carbocycles. The number of hydrogen-bond acceptors (Lipinski definition) is 4. The van der Waals surface area contributed by atoms with Crippen molar-refractivity contribution in [3.8, 4) is 0 Å². The van der Waals surface area contributed by atoms with Gasteiger partial charge in [-0.2, -0.15) is 0 Å². The predicted octanol–water partition coefficient (Wildman–Crippen LogP) is 7.25. The number of benzene rings is 3. The van der Waals surface area contributed by atoms with Gasteiger partial charge in [-0.25, -0.2) is 0 Å². The molecule has 0 amide bonds. The fraction of sp³-hybridized carbons (Fsp3) is 0.238. The highest BCUT2D eigenvalue weighted by molar-refractivity contribution is 8.00. The zero-order valence-corrected chi connectivity index (χ0v) is 19.2. The summed E-state index contributed by atoms with van der Waals surface area (Å²) in [5.74, 6) is 0.